The summed E-state index contributed by atoms with van der Waals surface area (Å²) in [6.45, 7) is 1.39. The van der Waals surface area contributed by atoms with E-state index in [0.29, 0.717) is 5.75 Å². The number of halogens is 2. The molecule has 0 spiro atoms. The largest absolute Gasteiger partial charge is 0.496 e. The molecule has 0 heterocycles. The summed E-state index contributed by atoms with van der Waals surface area (Å²) >= 11 is 1.01. The summed E-state index contributed by atoms with van der Waals surface area (Å²) in [6.07, 6.45) is -2.50. The number of hydrogen-bond donors (Lipinski definition) is 2. The molecule has 0 bridgehead atoms. The van der Waals surface area contributed by atoms with Gasteiger partial charge in [-0.1, -0.05) is 11.8 Å². The highest BCUT2D eigenvalue weighted by molar-refractivity contribution is 8.13. The van der Waals surface area contributed by atoms with E-state index in [0.717, 1.165) is 23.9 Å². The van der Waals surface area contributed by atoms with Gasteiger partial charge in [0.05, 0.1) is 13.2 Å². The molecular weight excluding hydrogens is 290 g/mol. The van der Waals surface area contributed by atoms with Gasteiger partial charge in [0.2, 0.25) is 0 Å². The van der Waals surface area contributed by atoms with E-state index in [1.165, 1.54) is 14.0 Å². The Morgan fingerprint density at radius 1 is 1.35 bits per heavy atom. The number of aliphatic hydroxyl groups is 2. The molecule has 0 fully saturated rings. The molecule has 0 saturated carbocycles. The second-order valence-electron chi connectivity index (χ2n) is 4.15. The number of ether oxygens (including phenoxy) is 1. The Kier molecular flexibility index (Phi) is 6.38. The lowest BCUT2D eigenvalue weighted by molar-refractivity contribution is -0.109. The Morgan fingerprint density at radius 2 is 1.95 bits per heavy atom. The van der Waals surface area contributed by atoms with Gasteiger partial charge in [0.25, 0.3) is 0 Å². The van der Waals surface area contributed by atoms with Gasteiger partial charge in [-0.2, -0.15) is 0 Å². The molecule has 0 radical (unpaired) electrons. The lowest BCUT2D eigenvalue weighted by atomic mass is 10.0. The van der Waals surface area contributed by atoms with E-state index in [2.05, 4.69) is 0 Å². The summed E-state index contributed by atoms with van der Waals surface area (Å²) in [6, 6.07) is 1.60. The number of thioether (sulfide) groups is 1. The molecule has 2 atom stereocenters. The van der Waals surface area contributed by atoms with Crippen LogP contribution in [0.15, 0.2) is 12.1 Å². The third-order valence-electron chi connectivity index (χ3n) is 2.67. The third-order valence-corrected chi connectivity index (χ3v) is 3.52. The lowest BCUT2D eigenvalue weighted by Crippen LogP contribution is -2.20. The van der Waals surface area contributed by atoms with E-state index >= 15 is 0 Å². The Labute approximate surface area is 119 Å². The summed E-state index contributed by atoms with van der Waals surface area (Å²) in [5.41, 5.74) is -0.0354. The van der Waals surface area contributed by atoms with E-state index in [1.54, 1.807) is 0 Å². The van der Waals surface area contributed by atoms with Crippen LogP contribution in [0.2, 0.25) is 0 Å². The van der Waals surface area contributed by atoms with E-state index in [-0.39, 0.29) is 22.8 Å². The Hall–Kier alpha value is -1.18. The lowest BCUT2D eigenvalue weighted by Gasteiger charge is -2.20. The fourth-order valence-electron chi connectivity index (χ4n) is 1.64. The van der Waals surface area contributed by atoms with Crippen LogP contribution in [0.1, 0.15) is 25.0 Å². The predicted molar refractivity (Wildman–Crippen MR) is 71.6 cm³/mol. The molecule has 0 aromatic heterocycles. The van der Waals surface area contributed by atoms with Crippen LogP contribution in [-0.4, -0.2) is 34.3 Å². The molecule has 4 nitrogen and oxygen atoms in total. The SMILES string of the molecule is COc1cc(F)c(F)cc1C(O)C(O)CCSC(C)=O. The molecule has 2 unspecified atom stereocenters. The van der Waals surface area contributed by atoms with Crippen LogP contribution in [0.3, 0.4) is 0 Å². The summed E-state index contributed by atoms with van der Waals surface area (Å²) in [4.78, 5) is 10.8. The molecule has 0 aliphatic heterocycles. The van der Waals surface area contributed by atoms with Crippen LogP contribution in [0.25, 0.3) is 0 Å². The van der Waals surface area contributed by atoms with Crippen molar-refractivity contribution in [3.8, 4) is 5.75 Å². The zero-order valence-electron chi connectivity index (χ0n) is 11.1. The summed E-state index contributed by atoms with van der Waals surface area (Å²) < 4.78 is 31.1. The number of benzene rings is 1. The van der Waals surface area contributed by atoms with E-state index in [4.69, 9.17) is 4.74 Å². The van der Waals surface area contributed by atoms with E-state index < -0.39 is 23.8 Å². The fraction of sp³-hybridized carbons (Fsp3) is 0.462. The van der Waals surface area contributed by atoms with Crippen LogP contribution in [0.5, 0.6) is 5.75 Å². The van der Waals surface area contributed by atoms with Crippen LogP contribution < -0.4 is 4.74 Å². The van der Waals surface area contributed by atoms with Gasteiger partial charge in [0, 0.05) is 24.3 Å². The summed E-state index contributed by atoms with van der Waals surface area (Å²) in [7, 11) is 1.25. The first-order valence-electron chi connectivity index (χ1n) is 5.89. The number of methoxy groups -OCH3 is 1. The normalized spacial score (nSPS) is 13.9. The maximum Gasteiger partial charge on any atom is 0.185 e. The minimum Gasteiger partial charge on any atom is -0.496 e. The summed E-state index contributed by atoms with van der Waals surface area (Å²) in [5, 5.41) is 19.7. The van der Waals surface area contributed by atoms with Crippen molar-refractivity contribution in [3.63, 3.8) is 0 Å². The summed E-state index contributed by atoms with van der Waals surface area (Å²) in [5.74, 6) is -1.96. The van der Waals surface area contributed by atoms with Gasteiger partial charge in [0.15, 0.2) is 16.7 Å². The quantitative estimate of drug-likeness (QED) is 0.842. The van der Waals surface area contributed by atoms with Crippen molar-refractivity contribution in [1.82, 2.24) is 0 Å². The van der Waals surface area contributed by atoms with Crippen LogP contribution in [-0.2, 0) is 4.79 Å². The van der Waals surface area contributed by atoms with Gasteiger partial charge < -0.3 is 14.9 Å². The van der Waals surface area contributed by atoms with E-state index in [1.807, 2.05) is 0 Å². The minimum absolute atomic E-state index is 0.0354. The van der Waals surface area contributed by atoms with Crippen molar-refractivity contribution in [2.75, 3.05) is 12.9 Å². The van der Waals surface area contributed by atoms with Crippen LogP contribution >= 0.6 is 11.8 Å². The van der Waals surface area contributed by atoms with E-state index in [9.17, 15) is 23.8 Å². The molecule has 1 rings (SSSR count). The van der Waals surface area contributed by atoms with Gasteiger partial charge in [-0.25, -0.2) is 8.78 Å². The zero-order chi connectivity index (χ0) is 15.3. The van der Waals surface area contributed by atoms with Crippen LogP contribution in [0.4, 0.5) is 8.78 Å². The first-order valence-corrected chi connectivity index (χ1v) is 6.87. The van der Waals surface area contributed by atoms with Gasteiger partial charge in [0.1, 0.15) is 11.9 Å². The second kappa shape index (κ2) is 7.56. The van der Waals surface area contributed by atoms with Gasteiger partial charge >= 0.3 is 0 Å². The minimum atomic E-state index is -1.42. The maximum atomic E-state index is 13.2. The molecule has 2 N–H and O–H groups in total. The van der Waals surface area contributed by atoms with Crippen molar-refractivity contribution in [3.05, 3.63) is 29.3 Å². The highest BCUT2D eigenvalue weighted by Crippen LogP contribution is 2.30. The number of hydrogen-bond acceptors (Lipinski definition) is 5. The van der Waals surface area contributed by atoms with Crippen molar-refractivity contribution in [2.45, 2.75) is 25.6 Å². The monoisotopic (exact) mass is 306 g/mol. The Balaban J connectivity index is 2.82. The topological polar surface area (TPSA) is 66.8 Å². The van der Waals surface area contributed by atoms with Gasteiger partial charge in [-0.05, 0) is 12.5 Å². The molecule has 0 aliphatic carbocycles. The van der Waals surface area contributed by atoms with Crippen LogP contribution in [0, 0.1) is 11.6 Å². The zero-order valence-corrected chi connectivity index (χ0v) is 11.9. The molecule has 112 valence electrons. The first kappa shape index (κ1) is 16.9. The third kappa shape index (κ3) is 4.43. The van der Waals surface area contributed by atoms with Gasteiger partial charge in [-0.15, -0.1) is 0 Å². The average Bonchev–Trinajstić information content (AvgIpc) is 2.39. The molecule has 7 heteroatoms. The van der Waals surface area contributed by atoms with Crippen molar-refractivity contribution < 1.29 is 28.5 Å². The molecule has 1 aromatic rings. The molecule has 0 aliphatic rings. The molecule has 0 saturated heterocycles. The Morgan fingerprint density at radius 3 is 2.50 bits per heavy atom. The Bertz CT molecular complexity index is 482. The smallest absolute Gasteiger partial charge is 0.185 e. The van der Waals surface area contributed by atoms with Gasteiger partial charge in [-0.3, -0.25) is 4.79 Å². The number of rotatable bonds is 6. The number of carbonyl (C=O) groups is 1. The second-order valence-corrected chi connectivity index (χ2v) is 5.42. The average molecular weight is 306 g/mol. The molecule has 20 heavy (non-hydrogen) atoms. The standard InChI is InChI=1S/C13H16F2O4S/c1-7(16)20-4-3-11(17)13(18)8-5-9(14)10(15)6-12(8)19-2/h5-6,11,13,17-18H,3-4H2,1-2H3. The predicted octanol–water partition coefficient (Wildman–Crippen LogP) is 2.04. The van der Waals surface area contributed by atoms with Crippen molar-refractivity contribution >= 4 is 16.9 Å². The maximum absolute atomic E-state index is 13.2. The fourth-order valence-corrected chi connectivity index (χ4v) is 2.29. The molecular formula is C13H16F2O4S. The first-order chi connectivity index (χ1) is 9.36. The molecule has 1 aromatic carbocycles. The highest BCUT2D eigenvalue weighted by atomic mass is 32.2. The van der Waals surface area contributed by atoms with Crippen molar-refractivity contribution in [1.29, 1.82) is 0 Å². The highest BCUT2D eigenvalue weighted by Gasteiger charge is 2.23. The number of carbonyl (C=O) groups excluding carboxylic acids is 1. The molecule has 0 amide bonds. The van der Waals surface area contributed by atoms with Crippen molar-refractivity contribution in [2.24, 2.45) is 0 Å². The number of aliphatic hydroxyl groups excluding tert-OH is 2.